The Hall–Kier alpha value is -4.27. The molecular weight excluding hydrogens is 388 g/mol. The summed E-state index contributed by atoms with van der Waals surface area (Å²) >= 11 is 0. The lowest BCUT2D eigenvalue weighted by atomic mass is 10.1. The van der Waals surface area contributed by atoms with Gasteiger partial charge in [-0.3, -0.25) is 15.1 Å². The van der Waals surface area contributed by atoms with Gasteiger partial charge < -0.3 is 14.8 Å². The van der Waals surface area contributed by atoms with E-state index in [0.29, 0.717) is 11.3 Å². The smallest absolute Gasteiger partial charge is 0.344 e. The average molecular weight is 406 g/mol. The molecular formula is C21H18N4O5. The molecule has 0 aliphatic rings. The molecule has 0 radical (unpaired) electrons. The fourth-order valence-electron chi connectivity index (χ4n) is 2.46. The summed E-state index contributed by atoms with van der Waals surface area (Å²) in [6.45, 7) is 0. The minimum Gasteiger partial charge on any atom is -0.444 e. The molecule has 152 valence electrons. The van der Waals surface area contributed by atoms with Crippen LogP contribution in [0, 0.1) is 0 Å². The SMILES string of the molecule is CNC(=O)NC(=O)C(OC(=O)c1cccnc1Oc1cccnc1)c1ccccc1. The van der Waals surface area contributed by atoms with Gasteiger partial charge in [0, 0.05) is 25.0 Å². The molecule has 3 amide bonds. The van der Waals surface area contributed by atoms with E-state index >= 15 is 0 Å². The second-order valence-corrected chi connectivity index (χ2v) is 5.91. The van der Waals surface area contributed by atoms with E-state index in [-0.39, 0.29) is 11.4 Å². The van der Waals surface area contributed by atoms with Gasteiger partial charge in [-0.05, 0) is 24.3 Å². The summed E-state index contributed by atoms with van der Waals surface area (Å²) in [6, 6.07) is 13.9. The van der Waals surface area contributed by atoms with Crippen LogP contribution in [0.1, 0.15) is 22.0 Å². The Morgan fingerprint density at radius 1 is 0.967 bits per heavy atom. The van der Waals surface area contributed by atoms with E-state index in [0.717, 1.165) is 0 Å². The maximum Gasteiger partial charge on any atom is 0.344 e. The first-order chi connectivity index (χ1) is 14.6. The largest absolute Gasteiger partial charge is 0.444 e. The van der Waals surface area contributed by atoms with Gasteiger partial charge in [0.1, 0.15) is 11.3 Å². The Morgan fingerprint density at radius 3 is 2.43 bits per heavy atom. The molecule has 0 aliphatic carbocycles. The third-order valence-electron chi connectivity index (χ3n) is 3.87. The minimum absolute atomic E-state index is 0.00554. The molecule has 3 aromatic rings. The number of imide groups is 1. The molecule has 0 saturated carbocycles. The molecule has 9 nitrogen and oxygen atoms in total. The molecule has 2 aromatic heterocycles. The first-order valence-corrected chi connectivity index (χ1v) is 8.90. The van der Waals surface area contributed by atoms with Gasteiger partial charge in [0.05, 0.1) is 6.20 Å². The number of carbonyl (C=O) groups is 3. The lowest BCUT2D eigenvalue weighted by Gasteiger charge is -2.18. The number of ether oxygens (including phenoxy) is 2. The van der Waals surface area contributed by atoms with Crippen molar-refractivity contribution in [2.45, 2.75) is 6.10 Å². The predicted octanol–water partition coefficient (Wildman–Crippen LogP) is 2.62. The Balaban J connectivity index is 1.86. The van der Waals surface area contributed by atoms with Crippen LogP contribution < -0.4 is 15.4 Å². The lowest BCUT2D eigenvalue weighted by Crippen LogP contribution is -2.41. The highest BCUT2D eigenvalue weighted by Crippen LogP contribution is 2.25. The normalized spacial score (nSPS) is 11.1. The van der Waals surface area contributed by atoms with Crippen LogP contribution >= 0.6 is 0 Å². The summed E-state index contributed by atoms with van der Waals surface area (Å²) in [6.07, 6.45) is 3.14. The van der Waals surface area contributed by atoms with E-state index in [2.05, 4.69) is 20.6 Å². The molecule has 0 aliphatic heterocycles. The summed E-state index contributed by atoms with van der Waals surface area (Å²) in [5.41, 5.74) is 0.404. The highest BCUT2D eigenvalue weighted by atomic mass is 16.6. The van der Waals surface area contributed by atoms with E-state index in [4.69, 9.17) is 9.47 Å². The zero-order chi connectivity index (χ0) is 21.3. The van der Waals surface area contributed by atoms with Gasteiger partial charge in [-0.25, -0.2) is 14.6 Å². The van der Waals surface area contributed by atoms with E-state index in [1.54, 1.807) is 48.7 Å². The number of pyridine rings is 2. The fraction of sp³-hybridized carbons (Fsp3) is 0.0952. The van der Waals surface area contributed by atoms with E-state index in [1.807, 2.05) is 0 Å². The summed E-state index contributed by atoms with van der Waals surface area (Å²) in [4.78, 5) is 45.0. The standard InChI is InChI=1S/C21H18N4O5/c1-22-21(28)25-18(26)17(14-7-3-2-4-8-14)30-20(27)16-10-6-12-24-19(16)29-15-9-5-11-23-13-15/h2-13,17H,1H3,(H2,22,25,26,28). The number of hydrogen-bond acceptors (Lipinski definition) is 7. The summed E-state index contributed by atoms with van der Waals surface area (Å²) in [5, 5.41) is 4.39. The molecule has 0 saturated heterocycles. The Bertz CT molecular complexity index is 1030. The highest BCUT2D eigenvalue weighted by molar-refractivity contribution is 5.99. The quantitative estimate of drug-likeness (QED) is 0.604. The van der Waals surface area contributed by atoms with Gasteiger partial charge in [0.2, 0.25) is 12.0 Å². The number of urea groups is 1. The Labute approximate surface area is 172 Å². The molecule has 0 fully saturated rings. The van der Waals surface area contributed by atoms with Crippen LogP contribution in [0.15, 0.2) is 73.2 Å². The molecule has 1 aromatic carbocycles. The van der Waals surface area contributed by atoms with Crippen LogP contribution in [-0.4, -0.2) is 34.9 Å². The molecule has 1 unspecified atom stereocenters. The Morgan fingerprint density at radius 2 is 1.73 bits per heavy atom. The van der Waals surface area contributed by atoms with Gasteiger partial charge in [-0.2, -0.15) is 0 Å². The van der Waals surface area contributed by atoms with Crippen molar-refractivity contribution in [2.75, 3.05) is 7.05 Å². The first kappa shape index (κ1) is 20.5. The predicted molar refractivity (Wildman–Crippen MR) is 106 cm³/mol. The van der Waals surface area contributed by atoms with Crippen LogP contribution in [-0.2, 0) is 9.53 Å². The van der Waals surface area contributed by atoms with Crippen LogP contribution in [0.3, 0.4) is 0 Å². The van der Waals surface area contributed by atoms with Crippen LogP contribution in [0.2, 0.25) is 0 Å². The maximum absolute atomic E-state index is 12.9. The molecule has 9 heteroatoms. The molecule has 2 heterocycles. The van der Waals surface area contributed by atoms with Crippen molar-refractivity contribution < 1.29 is 23.9 Å². The maximum atomic E-state index is 12.9. The second-order valence-electron chi connectivity index (χ2n) is 5.91. The van der Waals surface area contributed by atoms with Crippen LogP contribution in [0.5, 0.6) is 11.6 Å². The number of aromatic nitrogens is 2. The van der Waals surface area contributed by atoms with E-state index < -0.39 is 24.0 Å². The van der Waals surface area contributed by atoms with Gasteiger partial charge in [0.15, 0.2) is 0 Å². The van der Waals surface area contributed by atoms with Crippen molar-refractivity contribution >= 4 is 17.9 Å². The molecule has 0 spiro atoms. The van der Waals surface area contributed by atoms with E-state index in [1.165, 1.54) is 31.6 Å². The van der Waals surface area contributed by atoms with Crippen molar-refractivity contribution in [3.63, 3.8) is 0 Å². The average Bonchev–Trinajstić information content (AvgIpc) is 2.78. The second kappa shape index (κ2) is 9.78. The molecule has 2 N–H and O–H groups in total. The molecule has 30 heavy (non-hydrogen) atoms. The minimum atomic E-state index is -1.36. The monoisotopic (exact) mass is 406 g/mol. The van der Waals surface area contributed by atoms with Crippen molar-refractivity contribution in [3.05, 3.63) is 84.3 Å². The molecule has 0 bridgehead atoms. The molecule has 1 atom stereocenters. The van der Waals surface area contributed by atoms with Crippen LogP contribution in [0.25, 0.3) is 0 Å². The van der Waals surface area contributed by atoms with Gasteiger partial charge in [0.25, 0.3) is 5.91 Å². The lowest BCUT2D eigenvalue weighted by molar-refractivity contribution is -0.129. The number of amides is 3. The number of benzene rings is 1. The first-order valence-electron chi connectivity index (χ1n) is 8.90. The zero-order valence-corrected chi connectivity index (χ0v) is 15.9. The molecule has 3 rings (SSSR count). The fourth-order valence-corrected chi connectivity index (χ4v) is 2.46. The van der Waals surface area contributed by atoms with Crippen molar-refractivity contribution in [1.29, 1.82) is 0 Å². The Kier molecular flexibility index (Phi) is 6.67. The van der Waals surface area contributed by atoms with E-state index in [9.17, 15) is 14.4 Å². The van der Waals surface area contributed by atoms with Gasteiger partial charge >= 0.3 is 12.0 Å². The third kappa shape index (κ3) is 5.16. The number of carbonyl (C=O) groups excluding carboxylic acids is 3. The number of rotatable bonds is 6. The summed E-state index contributed by atoms with van der Waals surface area (Å²) < 4.78 is 11.1. The van der Waals surface area contributed by atoms with Crippen molar-refractivity contribution in [1.82, 2.24) is 20.6 Å². The zero-order valence-electron chi connectivity index (χ0n) is 15.9. The number of hydrogen-bond donors (Lipinski definition) is 2. The number of nitrogens with one attached hydrogen (secondary N) is 2. The van der Waals surface area contributed by atoms with Crippen molar-refractivity contribution in [3.8, 4) is 11.6 Å². The van der Waals surface area contributed by atoms with Crippen LogP contribution in [0.4, 0.5) is 4.79 Å². The highest BCUT2D eigenvalue weighted by Gasteiger charge is 2.28. The summed E-state index contributed by atoms with van der Waals surface area (Å²) in [5.74, 6) is -1.27. The third-order valence-corrected chi connectivity index (χ3v) is 3.87. The summed E-state index contributed by atoms with van der Waals surface area (Å²) in [7, 11) is 1.36. The topological polar surface area (TPSA) is 120 Å². The van der Waals surface area contributed by atoms with Crippen molar-refractivity contribution in [2.24, 2.45) is 0 Å². The number of nitrogens with zero attached hydrogens (tertiary/aromatic N) is 2. The van der Waals surface area contributed by atoms with Gasteiger partial charge in [-0.15, -0.1) is 0 Å². The number of esters is 1. The van der Waals surface area contributed by atoms with Gasteiger partial charge in [-0.1, -0.05) is 30.3 Å².